The quantitative estimate of drug-likeness (QED) is 0.539. The van der Waals surface area contributed by atoms with E-state index >= 15 is 0 Å². The number of carbonyl (C=O) groups is 1. The molecule has 0 bridgehead atoms. The third kappa shape index (κ3) is 5.87. The average molecular weight is 450 g/mol. The Hall–Kier alpha value is -3.45. The number of hydrogen-bond donors (Lipinski definition) is 1. The van der Waals surface area contributed by atoms with Gasteiger partial charge in [-0.1, -0.05) is 24.3 Å². The van der Waals surface area contributed by atoms with Crippen molar-refractivity contribution < 1.29 is 18.7 Å². The summed E-state index contributed by atoms with van der Waals surface area (Å²) in [6.07, 6.45) is 0.695. The van der Waals surface area contributed by atoms with Crippen LogP contribution in [0.3, 0.4) is 0 Å². The molecule has 1 aromatic heterocycles. The summed E-state index contributed by atoms with van der Waals surface area (Å²) in [4.78, 5) is 17.2. The lowest BCUT2D eigenvalue weighted by Gasteiger charge is -2.35. The summed E-state index contributed by atoms with van der Waals surface area (Å²) >= 11 is 0. The van der Waals surface area contributed by atoms with Gasteiger partial charge in [0.1, 0.15) is 17.3 Å². The van der Waals surface area contributed by atoms with Crippen LogP contribution in [-0.4, -0.2) is 57.8 Å². The molecule has 1 fully saturated rings. The van der Waals surface area contributed by atoms with Gasteiger partial charge in [0.15, 0.2) is 5.76 Å². The summed E-state index contributed by atoms with van der Waals surface area (Å²) in [5, 5.41) is 2.93. The van der Waals surface area contributed by atoms with E-state index in [1.807, 2.05) is 42.5 Å². The van der Waals surface area contributed by atoms with Crippen LogP contribution >= 0.6 is 0 Å². The third-order valence-corrected chi connectivity index (χ3v) is 5.93. The molecule has 2 heterocycles. The maximum absolute atomic E-state index is 12.5. The van der Waals surface area contributed by atoms with Crippen LogP contribution in [-0.2, 0) is 13.0 Å². The molecule has 7 nitrogen and oxygen atoms in total. The van der Waals surface area contributed by atoms with Crippen molar-refractivity contribution in [1.82, 2.24) is 10.2 Å². The fourth-order valence-corrected chi connectivity index (χ4v) is 4.08. The predicted octanol–water partition coefficient (Wildman–Crippen LogP) is 3.59. The molecular formula is C26H31N3O4. The average Bonchev–Trinajstić information content (AvgIpc) is 3.33. The number of hydrogen-bond acceptors (Lipinski definition) is 6. The van der Waals surface area contributed by atoms with Crippen molar-refractivity contribution in [2.75, 3.05) is 51.8 Å². The van der Waals surface area contributed by atoms with E-state index in [4.69, 9.17) is 13.9 Å². The molecule has 0 aliphatic carbocycles. The maximum Gasteiger partial charge on any atom is 0.287 e. The third-order valence-electron chi connectivity index (χ3n) is 5.93. The zero-order chi connectivity index (χ0) is 23.0. The summed E-state index contributed by atoms with van der Waals surface area (Å²) in [6, 6.07) is 19.6. The van der Waals surface area contributed by atoms with E-state index in [1.165, 1.54) is 5.69 Å². The summed E-state index contributed by atoms with van der Waals surface area (Å²) in [7, 11) is 3.34. The zero-order valence-corrected chi connectivity index (χ0v) is 19.3. The highest BCUT2D eigenvalue weighted by Crippen LogP contribution is 2.23. The number of nitrogens with zero attached hydrogens (tertiary/aromatic N) is 2. The highest BCUT2D eigenvalue weighted by molar-refractivity contribution is 5.91. The topological polar surface area (TPSA) is 67.2 Å². The monoisotopic (exact) mass is 449 g/mol. The predicted molar refractivity (Wildman–Crippen MR) is 128 cm³/mol. The molecule has 0 unspecified atom stereocenters. The molecule has 1 amide bonds. The number of para-hydroxylation sites is 1. The van der Waals surface area contributed by atoms with Crippen LogP contribution in [0.5, 0.6) is 11.5 Å². The summed E-state index contributed by atoms with van der Waals surface area (Å²) in [5.74, 6) is 2.66. The molecule has 0 radical (unpaired) electrons. The van der Waals surface area contributed by atoms with Crippen molar-refractivity contribution in [1.29, 1.82) is 0 Å². The van der Waals surface area contributed by atoms with Crippen molar-refractivity contribution in [2.24, 2.45) is 0 Å². The summed E-state index contributed by atoms with van der Waals surface area (Å²) < 4.78 is 16.5. The number of benzene rings is 2. The molecular weight excluding hydrogens is 418 g/mol. The Balaban J connectivity index is 1.23. The Labute approximate surface area is 194 Å². The largest absolute Gasteiger partial charge is 0.497 e. The number of rotatable bonds is 9. The van der Waals surface area contributed by atoms with E-state index in [-0.39, 0.29) is 5.91 Å². The Morgan fingerprint density at radius 2 is 1.79 bits per heavy atom. The molecule has 1 N–H and O–H groups in total. The van der Waals surface area contributed by atoms with Crippen molar-refractivity contribution in [2.45, 2.75) is 13.0 Å². The second-order valence-corrected chi connectivity index (χ2v) is 8.05. The minimum absolute atomic E-state index is 0.195. The van der Waals surface area contributed by atoms with Gasteiger partial charge in [0.05, 0.1) is 20.8 Å². The van der Waals surface area contributed by atoms with E-state index < -0.39 is 0 Å². The number of anilines is 1. The van der Waals surface area contributed by atoms with E-state index in [9.17, 15) is 4.79 Å². The number of piperazine rings is 1. The fourth-order valence-electron chi connectivity index (χ4n) is 4.08. The second kappa shape index (κ2) is 10.9. The van der Waals surface area contributed by atoms with Gasteiger partial charge in [0.25, 0.3) is 5.91 Å². The molecule has 0 saturated carbocycles. The van der Waals surface area contributed by atoms with Gasteiger partial charge in [0, 0.05) is 44.5 Å². The van der Waals surface area contributed by atoms with E-state index in [0.717, 1.165) is 49.0 Å². The number of ether oxygens (including phenoxy) is 2. The van der Waals surface area contributed by atoms with Crippen LogP contribution in [0.25, 0.3) is 0 Å². The lowest BCUT2D eigenvalue weighted by Crippen LogP contribution is -2.45. The van der Waals surface area contributed by atoms with Crippen LogP contribution < -0.4 is 19.7 Å². The van der Waals surface area contributed by atoms with Gasteiger partial charge in [-0.3, -0.25) is 9.69 Å². The summed E-state index contributed by atoms with van der Waals surface area (Å²) in [5.41, 5.74) is 2.24. The molecule has 0 atom stereocenters. The standard InChI is InChI=1S/C26H31N3O4/c1-31-22-8-5-7-21(18-22)29-16-14-28(15-17-29)19-23-10-11-25(33-23)26(30)27-13-12-20-6-3-4-9-24(20)32-2/h3-11,18H,12-17,19H2,1-2H3,(H,27,30). The molecule has 174 valence electrons. The minimum atomic E-state index is -0.195. The molecule has 1 saturated heterocycles. The van der Waals surface area contributed by atoms with Crippen LogP contribution in [0.4, 0.5) is 5.69 Å². The Morgan fingerprint density at radius 1 is 0.970 bits per heavy atom. The maximum atomic E-state index is 12.5. The van der Waals surface area contributed by atoms with Crippen molar-refractivity contribution >= 4 is 11.6 Å². The molecule has 1 aliphatic heterocycles. The minimum Gasteiger partial charge on any atom is -0.497 e. The first-order valence-corrected chi connectivity index (χ1v) is 11.3. The van der Waals surface area contributed by atoms with Gasteiger partial charge in [-0.25, -0.2) is 0 Å². The molecule has 7 heteroatoms. The molecule has 0 spiro atoms. The van der Waals surface area contributed by atoms with Crippen LogP contribution in [0.1, 0.15) is 21.9 Å². The highest BCUT2D eigenvalue weighted by Gasteiger charge is 2.19. The molecule has 33 heavy (non-hydrogen) atoms. The van der Waals surface area contributed by atoms with Crippen LogP contribution in [0, 0.1) is 0 Å². The number of furan rings is 1. The Kier molecular flexibility index (Phi) is 7.52. The van der Waals surface area contributed by atoms with E-state index in [0.29, 0.717) is 25.3 Å². The first kappa shape index (κ1) is 22.7. The normalized spacial score (nSPS) is 14.2. The van der Waals surface area contributed by atoms with Crippen LogP contribution in [0.15, 0.2) is 65.1 Å². The van der Waals surface area contributed by atoms with E-state index in [1.54, 1.807) is 20.3 Å². The van der Waals surface area contributed by atoms with Crippen LogP contribution in [0.2, 0.25) is 0 Å². The molecule has 3 aromatic rings. The molecule has 1 aliphatic rings. The lowest BCUT2D eigenvalue weighted by atomic mass is 10.1. The van der Waals surface area contributed by atoms with Gasteiger partial charge >= 0.3 is 0 Å². The Bertz CT molecular complexity index is 1060. The Morgan fingerprint density at radius 3 is 2.58 bits per heavy atom. The number of nitrogens with one attached hydrogen (secondary N) is 1. The number of amides is 1. The van der Waals surface area contributed by atoms with E-state index in [2.05, 4.69) is 27.2 Å². The van der Waals surface area contributed by atoms with Crippen molar-refractivity contribution in [3.63, 3.8) is 0 Å². The lowest BCUT2D eigenvalue weighted by molar-refractivity contribution is 0.0922. The van der Waals surface area contributed by atoms with Gasteiger partial charge in [0.2, 0.25) is 0 Å². The molecule has 2 aromatic carbocycles. The second-order valence-electron chi connectivity index (χ2n) is 8.05. The smallest absolute Gasteiger partial charge is 0.287 e. The number of methoxy groups -OCH3 is 2. The highest BCUT2D eigenvalue weighted by atomic mass is 16.5. The SMILES string of the molecule is COc1cccc(N2CCN(Cc3ccc(C(=O)NCCc4ccccc4OC)o3)CC2)c1. The number of carbonyl (C=O) groups excluding carboxylic acids is 1. The van der Waals surface area contributed by atoms with Gasteiger partial charge < -0.3 is 24.1 Å². The first-order valence-electron chi connectivity index (χ1n) is 11.3. The van der Waals surface area contributed by atoms with Crippen molar-refractivity contribution in [3.8, 4) is 11.5 Å². The fraction of sp³-hybridized carbons (Fsp3) is 0.346. The van der Waals surface area contributed by atoms with Crippen molar-refractivity contribution in [3.05, 3.63) is 77.7 Å². The van der Waals surface area contributed by atoms with Gasteiger partial charge in [-0.15, -0.1) is 0 Å². The summed E-state index contributed by atoms with van der Waals surface area (Å²) in [6.45, 7) is 4.94. The first-order chi connectivity index (χ1) is 16.2. The van der Waals surface area contributed by atoms with Gasteiger partial charge in [-0.2, -0.15) is 0 Å². The zero-order valence-electron chi connectivity index (χ0n) is 19.3. The molecule has 4 rings (SSSR count). The van der Waals surface area contributed by atoms with Gasteiger partial charge in [-0.05, 0) is 42.3 Å².